The van der Waals surface area contributed by atoms with E-state index in [1.807, 2.05) is 6.92 Å². The number of amides is 2. The molecular weight excluding hydrogens is 662 g/mol. The Hall–Kier alpha value is -3.11. The van der Waals surface area contributed by atoms with Crippen molar-refractivity contribution in [3.8, 4) is 0 Å². The predicted molar refractivity (Wildman–Crippen MR) is 186 cm³/mol. The minimum atomic E-state index is -1.53. The molecule has 0 aliphatic carbocycles. The second kappa shape index (κ2) is 13.8. The average Bonchev–Trinajstić information content (AvgIpc) is 3.20. The summed E-state index contributed by atoms with van der Waals surface area (Å²) in [5.74, 6) is -1.83. The van der Waals surface area contributed by atoms with E-state index in [2.05, 4.69) is 12.5 Å². The first-order chi connectivity index (χ1) is 22.1. The van der Waals surface area contributed by atoms with Crippen molar-refractivity contribution in [3.63, 3.8) is 0 Å². The van der Waals surface area contributed by atoms with E-state index in [-0.39, 0.29) is 35.9 Å². The first-order valence-corrected chi connectivity index (χ1v) is 18.4. The predicted octanol–water partition coefficient (Wildman–Crippen LogP) is 6.98. The maximum atomic E-state index is 15.4. The molecule has 1 fully saturated rings. The molecule has 0 radical (unpaired) electrons. The van der Waals surface area contributed by atoms with Gasteiger partial charge in [0, 0.05) is 22.4 Å². The van der Waals surface area contributed by atoms with Gasteiger partial charge in [0.2, 0.25) is 11.8 Å². The van der Waals surface area contributed by atoms with E-state index in [4.69, 9.17) is 32.7 Å². The van der Waals surface area contributed by atoms with Gasteiger partial charge < -0.3 is 14.4 Å². The van der Waals surface area contributed by atoms with Crippen LogP contribution in [0.5, 0.6) is 0 Å². The van der Waals surface area contributed by atoms with Crippen LogP contribution >= 0.6 is 23.2 Å². The normalized spacial score (nSPS) is 21.1. The number of anilines is 1. The third kappa shape index (κ3) is 7.05. The summed E-state index contributed by atoms with van der Waals surface area (Å²) in [6, 6.07) is 15.6. The fraction of sp³-hybridized carbons (Fsp3) is 0.417. The summed E-state index contributed by atoms with van der Waals surface area (Å²) >= 11 is 13.1. The van der Waals surface area contributed by atoms with Gasteiger partial charge in [-0.2, -0.15) is 0 Å². The molecule has 3 atom stereocenters. The fourth-order valence-electron chi connectivity index (χ4n) is 6.82. The largest absolute Gasteiger partial charge is 0.459 e. The van der Waals surface area contributed by atoms with Crippen molar-refractivity contribution in [1.29, 1.82) is 0 Å². The summed E-state index contributed by atoms with van der Waals surface area (Å²) in [5.41, 5.74) is 0.602. The van der Waals surface area contributed by atoms with Crippen molar-refractivity contribution in [2.45, 2.75) is 57.1 Å². The first kappa shape index (κ1) is 35.2. The number of ether oxygens (including phenoxy) is 2. The van der Waals surface area contributed by atoms with Gasteiger partial charge in [-0.1, -0.05) is 47.5 Å². The number of carbonyl (C=O) groups excluding carboxylic acids is 3. The van der Waals surface area contributed by atoms with Gasteiger partial charge in [-0.05, 0) is 97.2 Å². The van der Waals surface area contributed by atoms with Crippen molar-refractivity contribution < 1.29 is 28.2 Å². The van der Waals surface area contributed by atoms with Gasteiger partial charge in [-0.25, -0.2) is 4.39 Å². The Morgan fingerprint density at radius 1 is 1.04 bits per heavy atom. The Labute approximate surface area is 288 Å². The first-order valence-electron chi connectivity index (χ1n) is 15.4. The number of carbonyl (C=O) groups is 3. The van der Waals surface area contributed by atoms with Crippen LogP contribution in [-0.2, 0) is 40.2 Å². The summed E-state index contributed by atoms with van der Waals surface area (Å²) in [5, 5.41) is 0.806. The SMILES string of the molecule is Cc1ccc(F)cc1[C@H]1CC(=O)N(CC(=O)OC(C)(C)C)[C@@H](c2cccc(Cl)c2)[C@]12C(=O)N(COCC[S+](C)C)c1cc(Cl)ccc12. The van der Waals surface area contributed by atoms with E-state index in [0.717, 1.165) is 11.3 Å². The molecule has 0 bridgehead atoms. The van der Waals surface area contributed by atoms with E-state index in [1.54, 1.807) is 74.2 Å². The molecule has 0 saturated carbocycles. The molecule has 0 N–H and O–H groups in total. The quantitative estimate of drug-likeness (QED) is 0.137. The van der Waals surface area contributed by atoms with Crippen molar-refractivity contribution in [3.05, 3.63) is 98.8 Å². The number of hydrogen-bond acceptors (Lipinski definition) is 5. The minimum absolute atomic E-state index is 0.0533. The monoisotopic (exact) mass is 701 g/mol. The van der Waals surface area contributed by atoms with Gasteiger partial charge >= 0.3 is 5.97 Å². The Bertz CT molecular complexity index is 1700. The Balaban J connectivity index is 1.79. The van der Waals surface area contributed by atoms with Gasteiger partial charge in [0.15, 0.2) is 0 Å². The number of rotatable bonds is 9. The summed E-state index contributed by atoms with van der Waals surface area (Å²) < 4.78 is 26.8. The molecule has 2 aliphatic rings. The molecular formula is C36H40Cl2FN2O5S+. The van der Waals surface area contributed by atoms with Gasteiger partial charge in [-0.15, -0.1) is 0 Å². The van der Waals surface area contributed by atoms with Crippen LogP contribution in [0.1, 0.15) is 61.4 Å². The molecule has 7 nitrogen and oxygen atoms in total. The average molecular weight is 703 g/mol. The van der Waals surface area contributed by atoms with Crippen LogP contribution in [0.25, 0.3) is 0 Å². The van der Waals surface area contributed by atoms with Crippen LogP contribution in [0.15, 0.2) is 60.7 Å². The van der Waals surface area contributed by atoms with E-state index in [9.17, 15) is 9.59 Å². The van der Waals surface area contributed by atoms with Gasteiger partial charge in [-0.3, -0.25) is 19.3 Å². The number of benzene rings is 3. The zero-order valence-corrected chi connectivity index (χ0v) is 29.8. The second-order valence-electron chi connectivity index (χ2n) is 13.3. The van der Waals surface area contributed by atoms with Crippen LogP contribution in [0.2, 0.25) is 10.0 Å². The Morgan fingerprint density at radius 3 is 2.45 bits per heavy atom. The van der Waals surface area contributed by atoms with Crippen LogP contribution in [0, 0.1) is 12.7 Å². The molecule has 0 unspecified atom stereocenters. The lowest BCUT2D eigenvalue weighted by atomic mass is 9.58. The third-order valence-electron chi connectivity index (χ3n) is 8.64. The van der Waals surface area contributed by atoms with E-state index < -0.39 is 41.3 Å². The lowest BCUT2D eigenvalue weighted by Gasteiger charge is -2.52. The summed E-state index contributed by atoms with van der Waals surface area (Å²) in [6.07, 6.45) is 4.07. The number of nitrogens with zero attached hydrogens (tertiary/aromatic N) is 2. The molecule has 2 aliphatic heterocycles. The molecule has 3 aromatic carbocycles. The minimum Gasteiger partial charge on any atom is -0.459 e. The molecule has 2 heterocycles. The number of piperidine rings is 1. The summed E-state index contributed by atoms with van der Waals surface area (Å²) in [7, 11) is 0.137. The number of fused-ring (bicyclic) bond motifs is 2. The van der Waals surface area contributed by atoms with Crippen LogP contribution in [-0.4, -0.2) is 66.4 Å². The summed E-state index contributed by atoms with van der Waals surface area (Å²) in [6.45, 7) is 7.06. The molecule has 2 amide bonds. The lowest BCUT2D eigenvalue weighted by molar-refractivity contribution is -0.164. The second-order valence-corrected chi connectivity index (χ2v) is 16.6. The Kier molecular flexibility index (Phi) is 10.3. The zero-order chi connectivity index (χ0) is 34.3. The number of aryl methyl sites for hydroxylation is 1. The number of esters is 1. The molecule has 3 aromatic rings. The molecule has 1 saturated heterocycles. The van der Waals surface area contributed by atoms with Crippen molar-refractivity contribution >= 4 is 57.6 Å². The highest BCUT2D eigenvalue weighted by atomic mass is 35.5. The van der Waals surface area contributed by atoms with Crippen molar-refractivity contribution in [2.75, 3.05) is 43.0 Å². The van der Waals surface area contributed by atoms with Gasteiger partial charge in [0.25, 0.3) is 0 Å². The van der Waals surface area contributed by atoms with E-state index in [0.29, 0.717) is 39.0 Å². The molecule has 11 heteroatoms. The van der Waals surface area contributed by atoms with Crippen molar-refractivity contribution in [1.82, 2.24) is 4.90 Å². The van der Waals surface area contributed by atoms with Crippen LogP contribution in [0.4, 0.5) is 10.1 Å². The maximum absolute atomic E-state index is 15.4. The van der Waals surface area contributed by atoms with Crippen LogP contribution in [0.3, 0.4) is 0 Å². The number of hydrogen-bond donors (Lipinski definition) is 0. The number of halogens is 3. The molecule has 250 valence electrons. The Morgan fingerprint density at radius 2 is 1.77 bits per heavy atom. The van der Waals surface area contributed by atoms with E-state index >= 15 is 9.18 Å². The standard InChI is InChI=1S/C36H40Cl2FN2O5S/c1-22-10-12-26(39)18-27(22)29-19-31(42)40(20-32(43)46-35(2,3)4)33(23-8-7-9-24(37)16-23)36(29)28-13-11-25(38)17-30(28)41(34(36)44)21-45-14-15-47(5)6/h7-13,16-18,29,33H,14-15,19-21H2,1-6H3/q+1/t29-,33+,36-/m1/s1. The highest BCUT2D eigenvalue weighted by Crippen LogP contribution is 2.62. The number of likely N-dealkylation sites (tertiary alicyclic amines) is 1. The third-order valence-corrected chi connectivity index (χ3v) is 10.1. The van der Waals surface area contributed by atoms with Crippen molar-refractivity contribution in [2.24, 2.45) is 0 Å². The highest BCUT2D eigenvalue weighted by molar-refractivity contribution is 7.95. The summed E-state index contributed by atoms with van der Waals surface area (Å²) in [4.78, 5) is 46.1. The van der Waals surface area contributed by atoms with Gasteiger partial charge in [0.05, 0.1) is 30.8 Å². The lowest BCUT2D eigenvalue weighted by Crippen LogP contribution is -2.60. The fourth-order valence-corrected chi connectivity index (χ4v) is 7.64. The topological polar surface area (TPSA) is 76.2 Å². The smallest absolute Gasteiger partial charge is 0.326 e. The molecule has 47 heavy (non-hydrogen) atoms. The molecule has 5 rings (SSSR count). The highest BCUT2D eigenvalue weighted by Gasteiger charge is 2.65. The van der Waals surface area contributed by atoms with Crippen LogP contribution < -0.4 is 4.90 Å². The molecule has 0 aromatic heterocycles. The van der Waals surface area contributed by atoms with Gasteiger partial charge in [0.1, 0.15) is 35.9 Å². The molecule has 1 spiro atoms. The maximum Gasteiger partial charge on any atom is 0.326 e. The van der Waals surface area contributed by atoms with E-state index in [1.165, 1.54) is 17.0 Å². The zero-order valence-electron chi connectivity index (χ0n) is 27.4.